The molecule has 4 nitrogen and oxygen atoms in total. The first-order valence-corrected chi connectivity index (χ1v) is 19.7. The van der Waals surface area contributed by atoms with E-state index in [2.05, 4.69) is 180 Å². The molecule has 0 saturated heterocycles. The molecule has 12 aromatic rings. The number of furan rings is 1. The van der Waals surface area contributed by atoms with E-state index in [-0.39, 0.29) is 0 Å². The quantitative estimate of drug-likeness (QED) is 0.177. The van der Waals surface area contributed by atoms with Gasteiger partial charge in [0.1, 0.15) is 11.2 Å². The number of aromatic nitrogens is 3. The summed E-state index contributed by atoms with van der Waals surface area (Å²) in [5.41, 5.74) is 13.7. The monoisotopic (exact) mass is 739 g/mol. The van der Waals surface area contributed by atoms with Gasteiger partial charge in [0.25, 0.3) is 0 Å². The maximum Gasteiger partial charge on any atom is 0.235 e. The van der Waals surface area contributed by atoms with Gasteiger partial charge in [0.15, 0.2) is 0 Å². The molecule has 4 heteroatoms. The van der Waals surface area contributed by atoms with Gasteiger partial charge in [-0.15, -0.1) is 0 Å². The Morgan fingerprint density at radius 1 is 0.379 bits per heavy atom. The second-order valence-electron chi connectivity index (χ2n) is 14.9. The summed E-state index contributed by atoms with van der Waals surface area (Å²) in [6, 6.07) is 70.9. The van der Waals surface area contributed by atoms with Crippen molar-refractivity contribution in [2.45, 2.75) is 0 Å². The van der Waals surface area contributed by atoms with Crippen LogP contribution in [0.4, 0.5) is 0 Å². The van der Waals surface area contributed by atoms with Gasteiger partial charge in [0.2, 0.25) is 5.95 Å². The number of hydrogen-bond donors (Lipinski definition) is 0. The summed E-state index contributed by atoms with van der Waals surface area (Å²) < 4.78 is 8.60. The normalized spacial score (nSPS) is 11.8. The zero-order valence-corrected chi connectivity index (χ0v) is 31.3. The lowest BCUT2D eigenvalue weighted by Gasteiger charge is -2.12. The second-order valence-corrected chi connectivity index (χ2v) is 14.9. The summed E-state index contributed by atoms with van der Waals surface area (Å²) in [5, 5.41) is 8.03. The molecule has 0 aliphatic carbocycles. The van der Waals surface area contributed by atoms with E-state index in [1.807, 2.05) is 24.3 Å². The van der Waals surface area contributed by atoms with Crippen LogP contribution in [-0.2, 0) is 0 Å². The Hall–Kier alpha value is -7.82. The third-order valence-electron chi connectivity index (χ3n) is 11.6. The zero-order valence-electron chi connectivity index (χ0n) is 31.3. The summed E-state index contributed by atoms with van der Waals surface area (Å²) in [7, 11) is 0. The summed E-state index contributed by atoms with van der Waals surface area (Å²) in [4.78, 5) is 10.6. The van der Waals surface area contributed by atoms with Crippen molar-refractivity contribution in [1.82, 2.24) is 14.5 Å². The topological polar surface area (TPSA) is 43.9 Å². The van der Waals surface area contributed by atoms with Crippen molar-refractivity contribution in [3.63, 3.8) is 0 Å². The molecule has 0 saturated carbocycles. The van der Waals surface area contributed by atoms with Crippen LogP contribution in [-0.4, -0.2) is 14.5 Å². The molecule has 0 N–H and O–H groups in total. The van der Waals surface area contributed by atoms with Crippen molar-refractivity contribution in [3.8, 4) is 50.6 Å². The van der Waals surface area contributed by atoms with Gasteiger partial charge in [-0.05, 0) is 68.9 Å². The predicted octanol–water partition coefficient (Wildman–Crippen LogP) is 14.4. The third kappa shape index (κ3) is 5.09. The molecule has 270 valence electrons. The zero-order chi connectivity index (χ0) is 38.2. The molecular formula is C54H33N3O. The van der Waals surface area contributed by atoms with E-state index in [4.69, 9.17) is 14.4 Å². The average Bonchev–Trinajstić information content (AvgIpc) is 3.85. The lowest BCUT2D eigenvalue weighted by molar-refractivity contribution is 0.670. The van der Waals surface area contributed by atoms with Crippen molar-refractivity contribution in [2.75, 3.05) is 0 Å². The Labute approximate surface area is 333 Å². The maximum absolute atomic E-state index is 6.37. The van der Waals surface area contributed by atoms with E-state index in [1.54, 1.807) is 0 Å². The van der Waals surface area contributed by atoms with Gasteiger partial charge in [-0.3, -0.25) is 4.57 Å². The van der Waals surface area contributed by atoms with Gasteiger partial charge in [0.05, 0.1) is 22.2 Å². The van der Waals surface area contributed by atoms with E-state index in [0.29, 0.717) is 5.95 Å². The second kappa shape index (κ2) is 12.9. The number of hydrogen-bond acceptors (Lipinski definition) is 3. The van der Waals surface area contributed by atoms with E-state index in [1.165, 1.54) is 32.7 Å². The fourth-order valence-corrected chi connectivity index (χ4v) is 8.83. The van der Waals surface area contributed by atoms with Crippen LogP contribution in [0.5, 0.6) is 0 Å². The van der Waals surface area contributed by atoms with Gasteiger partial charge in [-0.25, -0.2) is 9.97 Å². The van der Waals surface area contributed by atoms with Gasteiger partial charge >= 0.3 is 0 Å². The molecule has 9 aromatic carbocycles. The highest BCUT2D eigenvalue weighted by Crippen LogP contribution is 2.40. The maximum atomic E-state index is 6.37. The molecule has 0 bridgehead atoms. The molecular weight excluding hydrogens is 707 g/mol. The molecule has 12 rings (SSSR count). The first kappa shape index (κ1) is 32.4. The molecule has 0 radical (unpaired) electrons. The number of nitrogens with zero attached hydrogens (tertiary/aromatic N) is 3. The molecule has 0 aliphatic rings. The number of fused-ring (bicyclic) bond motifs is 9. The predicted molar refractivity (Wildman–Crippen MR) is 240 cm³/mol. The van der Waals surface area contributed by atoms with Crippen molar-refractivity contribution in [3.05, 3.63) is 200 Å². The SMILES string of the molecule is c1ccc(-c2ccc(-c3nc(-n4c5ccccc5c5c6cc(-c7ccc(-c8cccc9c8oc8ccccc89)cc7)ccc6ccc54)nc4ccccc34)cc2)cc1. The van der Waals surface area contributed by atoms with Crippen LogP contribution < -0.4 is 0 Å². The first-order chi connectivity index (χ1) is 28.7. The summed E-state index contributed by atoms with van der Waals surface area (Å²) in [6.07, 6.45) is 0. The Kier molecular flexibility index (Phi) is 7.20. The minimum atomic E-state index is 0.651. The highest BCUT2D eigenvalue weighted by atomic mass is 16.3. The third-order valence-corrected chi connectivity index (χ3v) is 11.6. The first-order valence-electron chi connectivity index (χ1n) is 19.7. The van der Waals surface area contributed by atoms with Gasteiger partial charge in [-0.2, -0.15) is 0 Å². The molecule has 0 unspecified atom stereocenters. The van der Waals surface area contributed by atoms with Crippen LogP contribution in [0.25, 0.3) is 116 Å². The lowest BCUT2D eigenvalue weighted by Crippen LogP contribution is -2.03. The highest BCUT2D eigenvalue weighted by molar-refractivity contribution is 6.22. The van der Waals surface area contributed by atoms with E-state index in [9.17, 15) is 0 Å². The van der Waals surface area contributed by atoms with Crippen LogP contribution in [0.2, 0.25) is 0 Å². The summed E-state index contributed by atoms with van der Waals surface area (Å²) in [6.45, 7) is 0. The number of benzene rings is 9. The fourth-order valence-electron chi connectivity index (χ4n) is 8.83. The van der Waals surface area contributed by atoms with Gasteiger partial charge < -0.3 is 4.42 Å². The van der Waals surface area contributed by atoms with Crippen molar-refractivity contribution in [2.24, 2.45) is 0 Å². The summed E-state index contributed by atoms with van der Waals surface area (Å²) >= 11 is 0. The number of para-hydroxylation sites is 4. The van der Waals surface area contributed by atoms with Crippen LogP contribution in [0.3, 0.4) is 0 Å². The highest BCUT2D eigenvalue weighted by Gasteiger charge is 2.19. The van der Waals surface area contributed by atoms with E-state index in [0.717, 1.165) is 77.4 Å². The minimum absolute atomic E-state index is 0.651. The van der Waals surface area contributed by atoms with Crippen LogP contribution in [0, 0.1) is 0 Å². The van der Waals surface area contributed by atoms with Crippen molar-refractivity contribution < 1.29 is 4.42 Å². The Balaban J connectivity index is 0.992. The largest absolute Gasteiger partial charge is 0.455 e. The molecule has 3 aromatic heterocycles. The standard InChI is InChI=1S/C54H33N3O/c1-2-11-34(12-3-1)35-23-28-39(29-24-35)52-44-14-4-7-18-47(44)55-54(56-52)57-48-19-8-5-15-45(48)51-46-33-40(30-27-38(46)31-32-49(51)57)36-21-25-37(26-22-36)41-16-10-17-43-42-13-6-9-20-50(42)58-53(41)43/h1-33H. The Morgan fingerprint density at radius 2 is 1.00 bits per heavy atom. The lowest BCUT2D eigenvalue weighted by atomic mass is 9.96. The fraction of sp³-hybridized carbons (Fsp3) is 0. The molecule has 3 heterocycles. The van der Waals surface area contributed by atoms with Gasteiger partial charge in [0, 0.05) is 38.1 Å². The van der Waals surface area contributed by atoms with Crippen LogP contribution >= 0.6 is 0 Å². The van der Waals surface area contributed by atoms with Crippen LogP contribution in [0.1, 0.15) is 0 Å². The van der Waals surface area contributed by atoms with Crippen molar-refractivity contribution in [1.29, 1.82) is 0 Å². The number of rotatable bonds is 5. The molecule has 0 spiro atoms. The minimum Gasteiger partial charge on any atom is -0.455 e. The Morgan fingerprint density at radius 3 is 1.84 bits per heavy atom. The van der Waals surface area contributed by atoms with Gasteiger partial charge in [-0.1, -0.05) is 170 Å². The van der Waals surface area contributed by atoms with Crippen LogP contribution in [0.15, 0.2) is 205 Å². The molecule has 0 aliphatic heterocycles. The van der Waals surface area contributed by atoms with E-state index >= 15 is 0 Å². The van der Waals surface area contributed by atoms with E-state index < -0.39 is 0 Å². The summed E-state index contributed by atoms with van der Waals surface area (Å²) in [5.74, 6) is 0.651. The van der Waals surface area contributed by atoms with Crippen molar-refractivity contribution >= 4 is 65.4 Å². The Bertz CT molecular complexity index is 3540. The molecule has 58 heavy (non-hydrogen) atoms. The molecule has 0 fully saturated rings. The smallest absolute Gasteiger partial charge is 0.235 e. The molecule has 0 atom stereocenters. The molecule has 0 amide bonds. The average molecular weight is 740 g/mol.